The quantitative estimate of drug-likeness (QED) is 0.578. The third kappa shape index (κ3) is 2.54. The van der Waals surface area contributed by atoms with E-state index >= 15 is 0 Å². The van der Waals surface area contributed by atoms with E-state index in [0.29, 0.717) is 0 Å². The Balaban J connectivity index is 1.80. The minimum absolute atomic E-state index is 0.183. The number of amides is 1. The number of nitrogens with one attached hydrogen (secondary N) is 1. The van der Waals surface area contributed by atoms with Crippen molar-refractivity contribution in [3.63, 3.8) is 0 Å². The molecule has 0 saturated carbocycles. The number of aromatic nitrogens is 2. The first-order chi connectivity index (χ1) is 11.8. The predicted octanol–water partition coefficient (Wildman–Crippen LogP) is 4.78. The Morgan fingerprint density at radius 3 is 2.38 bits per heavy atom. The van der Waals surface area contributed by atoms with E-state index in [1.54, 1.807) is 17.0 Å². The Hall–Kier alpha value is -3.40. The first-order valence-electron chi connectivity index (χ1n) is 7.70. The summed E-state index contributed by atoms with van der Waals surface area (Å²) in [5.41, 5.74) is 3.69. The number of pyridine rings is 1. The van der Waals surface area contributed by atoms with Crippen molar-refractivity contribution in [2.45, 2.75) is 0 Å². The first-order valence-corrected chi connectivity index (χ1v) is 7.70. The summed E-state index contributed by atoms with van der Waals surface area (Å²) in [7, 11) is 0. The first kappa shape index (κ1) is 14.2. The number of hydrogen-bond donors (Lipinski definition) is 1. The maximum absolute atomic E-state index is 12.7. The average Bonchev–Trinajstić information content (AvgIpc) is 3.03. The second-order valence-electron chi connectivity index (χ2n) is 5.46. The Bertz CT molecular complexity index is 991. The van der Waals surface area contributed by atoms with Gasteiger partial charge in [-0.1, -0.05) is 36.4 Å². The predicted molar refractivity (Wildman–Crippen MR) is 96.0 cm³/mol. The number of anilines is 1. The van der Waals surface area contributed by atoms with Gasteiger partial charge in [0.2, 0.25) is 0 Å². The molecule has 2 aromatic carbocycles. The van der Waals surface area contributed by atoms with Gasteiger partial charge < -0.3 is 5.32 Å². The second-order valence-corrected chi connectivity index (χ2v) is 5.46. The van der Waals surface area contributed by atoms with Crippen molar-refractivity contribution in [3.8, 4) is 11.1 Å². The molecule has 0 radical (unpaired) electrons. The zero-order valence-electron chi connectivity index (χ0n) is 12.9. The molecule has 1 amide bonds. The summed E-state index contributed by atoms with van der Waals surface area (Å²) in [6.07, 6.45) is 5.38. The van der Waals surface area contributed by atoms with Crippen LogP contribution in [0.25, 0.3) is 22.0 Å². The highest BCUT2D eigenvalue weighted by Crippen LogP contribution is 2.30. The molecular weight excluding hydrogens is 298 g/mol. The van der Waals surface area contributed by atoms with Crippen LogP contribution in [0.15, 0.2) is 85.3 Å². The van der Waals surface area contributed by atoms with Gasteiger partial charge in [-0.3, -0.25) is 9.55 Å². The van der Waals surface area contributed by atoms with Crippen molar-refractivity contribution in [2.24, 2.45) is 0 Å². The molecule has 1 N–H and O–H groups in total. The van der Waals surface area contributed by atoms with Crippen LogP contribution >= 0.6 is 0 Å². The molecule has 0 aliphatic rings. The normalized spacial score (nSPS) is 10.7. The number of carbonyl (C=O) groups is 1. The van der Waals surface area contributed by atoms with Crippen LogP contribution in [-0.2, 0) is 0 Å². The van der Waals surface area contributed by atoms with Gasteiger partial charge in [0.15, 0.2) is 0 Å². The molecule has 4 aromatic rings. The van der Waals surface area contributed by atoms with Crippen LogP contribution in [-0.4, -0.2) is 15.6 Å². The molecule has 2 heterocycles. The van der Waals surface area contributed by atoms with Crippen molar-refractivity contribution >= 4 is 22.6 Å². The third-order valence-electron chi connectivity index (χ3n) is 3.95. The van der Waals surface area contributed by atoms with E-state index in [4.69, 9.17) is 0 Å². The number of nitrogens with zero attached hydrogens (tertiary/aromatic N) is 2. The van der Waals surface area contributed by atoms with Gasteiger partial charge >= 0.3 is 6.03 Å². The van der Waals surface area contributed by atoms with E-state index in [2.05, 4.69) is 10.3 Å². The van der Waals surface area contributed by atoms with Gasteiger partial charge in [0, 0.05) is 35.2 Å². The highest BCUT2D eigenvalue weighted by Gasteiger charge is 2.14. The van der Waals surface area contributed by atoms with Crippen LogP contribution in [0, 0.1) is 0 Å². The lowest BCUT2D eigenvalue weighted by Gasteiger charge is -2.06. The van der Waals surface area contributed by atoms with E-state index in [0.717, 1.165) is 27.7 Å². The minimum atomic E-state index is -0.183. The molecule has 0 unspecified atom stereocenters. The largest absolute Gasteiger partial charge is 0.330 e. The molecule has 2 aromatic heterocycles. The Morgan fingerprint density at radius 2 is 1.58 bits per heavy atom. The maximum atomic E-state index is 12.7. The Labute approximate surface area is 139 Å². The number of carbonyl (C=O) groups excluding carboxylic acids is 1. The van der Waals surface area contributed by atoms with Crippen molar-refractivity contribution in [1.82, 2.24) is 9.55 Å². The fourth-order valence-corrected chi connectivity index (χ4v) is 2.81. The van der Waals surface area contributed by atoms with Gasteiger partial charge in [0.1, 0.15) is 0 Å². The van der Waals surface area contributed by atoms with Gasteiger partial charge in [0.25, 0.3) is 0 Å². The van der Waals surface area contributed by atoms with Crippen LogP contribution in [0.1, 0.15) is 0 Å². The van der Waals surface area contributed by atoms with Crippen LogP contribution in [0.4, 0.5) is 10.5 Å². The number of fused-ring (bicyclic) bond motifs is 1. The topological polar surface area (TPSA) is 46.9 Å². The summed E-state index contributed by atoms with van der Waals surface area (Å²) in [5, 5.41) is 3.96. The number of para-hydroxylation sites is 2. The molecule has 0 fully saturated rings. The van der Waals surface area contributed by atoms with E-state index < -0.39 is 0 Å². The maximum Gasteiger partial charge on any atom is 0.330 e. The fraction of sp³-hybridized carbons (Fsp3) is 0. The van der Waals surface area contributed by atoms with Crippen LogP contribution in [0.3, 0.4) is 0 Å². The lowest BCUT2D eigenvalue weighted by molar-refractivity contribution is 0.254. The third-order valence-corrected chi connectivity index (χ3v) is 3.95. The zero-order chi connectivity index (χ0) is 16.4. The average molecular weight is 313 g/mol. The van der Waals surface area contributed by atoms with Crippen molar-refractivity contribution in [3.05, 3.63) is 85.3 Å². The summed E-state index contributed by atoms with van der Waals surface area (Å²) >= 11 is 0. The highest BCUT2D eigenvalue weighted by molar-refractivity contribution is 6.04. The lowest BCUT2D eigenvalue weighted by Crippen LogP contribution is -2.18. The van der Waals surface area contributed by atoms with Crippen molar-refractivity contribution in [2.75, 3.05) is 5.32 Å². The highest BCUT2D eigenvalue weighted by atomic mass is 16.2. The monoisotopic (exact) mass is 313 g/mol. The van der Waals surface area contributed by atoms with E-state index in [-0.39, 0.29) is 6.03 Å². The SMILES string of the molecule is O=C(Nc1ccccc1)n1cc(-c2ccncc2)c2ccccc21. The summed E-state index contributed by atoms with van der Waals surface area (Å²) in [5.74, 6) is 0. The van der Waals surface area contributed by atoms with Gasteiger partial charge in [-0.25, -0.2) is 4.79 Å². The molecule has 0 aliphatic carbocycles. The van der Waals surface area contributed by atoms with E-state index in [1.807, 2.05) is 72.9 Å². The fourth-order valence-electron chi connectivity index (χ4n) is 2.81. The molecule has 24 heavy (non-hydrogen) atoms. The molecule has 0 atom stereocenters. The van der Waals surface area contributed by atoms with E-state index in [1.165, 1.54) is 0 Å². The van der Waals surface area contributed by atoms with Gasteiger partial charge in [-0.05, 0) is 35.9 Å². The van der Waals surface area contributed by atoms with Crippen molar-refractivity contribution < 1.29 is 4.79 Å². The van der Waals surface area contributed by atoms with Crippen LogP contribution in [0.2, 0.25) is 0 Å². The molecule has 4 heteroatoms. The van der Waals surface area contributed by atoms with E-state index in [9.17, 15) is 4.79 Å². The molecule has 0 spiro atoms. The van der Waals surface area contributed by atoms with Crippen LogP contribution in [0.5, 0.6) is 0 Å². The Kier molecular flexibility index (Phi) is 3.56. The van der Waals surface area contributed by atoms with Crippen molar-refractivity contribution in [1.29, 1.82) is 0 Å². The lowest BCUT2D eigenvalue weighted by atomic mass is 10.1. The molecule has 0 saturated heterocycles. The Morgan fingerprint density at radius 1 is 0.875 bits per heavy atom. The molecular formula is C20H15N3O. The van der Waals surface area contributed by atoms with Gasteiger partial charge in [0.05, 0.1) is 5.52 Å². The molecule has 116 valence electrons. The van der Waals surface area contributed by atoms with Gasteiger partial charge in [-0.15, -0.1) is 0 Å². The summed E-state index contributed by atoms with van der Waals surface area (Å²) in [6.45, 7) is 0. The molecule has 0 bridgehead atoms. The minimum Gasteiger partial charge on any atom is -0.307 e. The summed E-state index contributed by atoms with van der Waals surface area (Å²) in [6, 6.07) is 21.0. The molecule has 4 rings (SSSR count). The standard InChI is InChI=1S/C20H15N3O/c24-20(22-16-6-2-1-3-7-16)23-14-18(15-10-12-21-13-11-15)17-8-4-5-9-19(17)23/h1-14H,(H,22,24). The molecule has 0 aliphatic heterocycles. The van der Waals surface area contributed by atoms with Crippen LogP contribution < -0.4 is 5.32 Å². The number of rotatable bonds is 2. The summed E-state index contributed by atoms with van der Waals surface area (Å²) < 4.78 is 1.65. The number of benzene rings is 2. The smallest absolute Gasteiger partial charge is 0.307 e. The summed E-state index contributed by atoms with van der Waals surface area (Å²) in [4.78, 5) is 16.8. The number of hydrogen-bond acceptors (Lipinski definition) is 2. The zero-order valence-corrected chi connectivity index (χ0v) is 12.9. The molecule has 4 nitrogen and oxygen atoms in total. The van der Waals surface area contributed by atoms with Gasteiger partial charge in [-0.2, -0.15) is 0 Å². The second kappa shape index (κ2) is 6.01.